The molecule has 1 saturated carbocycles. The van der Waals surface area contributed by atoms with Gasteiger partial charge in [-0.1, -0.05) is 44.1 Å². The van der Waals surface area contributed by atoms with Gasteiger partial charge in [-0.05, 0) is 24.7 Å². The largest absolute Gasteiger partial charge is 0.242 e. The summed E-state index contributed by atoms with van der Waals surface area (Å²) in [5.74, 6) is 0.139. The average Bonchev–Trinajstić information content (AvgIpc) is 2.68. The molecule has 1 fully saturated rings. The van der Waals surface area contributed by atoms with Crippen LogP contribution in [0.4, 0.5) is 4.39 Å². The van der Waals surface area contributed by atoms with Crippen molar-refractivity contribution in [3.05, 3.63) is 24.3 Å². The molecule has 0 radical (unpaired) electrons. The van der Waals surface area contributed by atoms with Crippen molar-refractivity contribution in [1.82, 2.24) is 0 Å². The first-order valence-electron chi connectivity index (χ1n) is 5.77. The number of allylic oxidation sites excluding steroid dienone is 4. The van der Waals surface area contributed by atoms with Crippen LogP contribution in [0.15, 0.2) is 24.3 Å². The molecule has 2 atom stereocenters. The molecule has 0 aromatic heterocycles. The Balaban J connectivity index is 2.19. The van der Waals surface area contributed by atoms with E-state index in [2.05, 4.69) is 13.0 Å². The molecule has 0 amide bonds. The number of hydrogen-bond donors (Lipinski definition) is 0. The molecule has 2 unspecified atom stereocenters. The van der Waals surface area contributed by atoms with Gasteiger partial charge in [0.2, 0.25) is 0 Å². The highest BCUT2D eigenvalue weighted by Gasteiger charge is 2.42. The lowest BCUT2D eigenvalue weighted by atomic mass is 9.69. The molecule has 14 heavy (non-hydrogen) atoms. The minimum atomic E-state index is -0.752. The maximum Gasteiger partial charge on any atom is 0.125 e. The Morgan fingerprint density at radius 2 is 1.86 bits per heavy atom. The van der Waals surface area contributed by atoms with Crippen LogP contribution in [0.3, 0.4) is 0 Å². The van der Waals surface area contributed by atoms with Crippen LogP contribution in [0.2, 0.25) is 0 Å². The summed E-state index contributed by atoms with van der Waals surface area (Å²) in [4.78, 5) is 0. The van der Waals surface area contributed by atoms with Crippen molar-refractivity contribution in [2.24, 2.45) is 11.3 Å². The van der Waals surface area contributed by atoms with Crippen molar-refractivity contribution in [3.8, 4) is 0 Å². The monoisotopic (exact) mass is 194 g/mol. The maximum atomic E-state index is 13.8. The second-order valence-corrected chi connectivity index (χ2v) is 4.66. The highest BCUT2D eigenvalue weighted by molar-refractivity contribution is 5.18. The van der Waals surface area contributed by atoms with Gasteiger partial charge in [-0.2, -0.15) is 0 Å². The van der Waals surface area contributed by atoms with Crippen LogP contribution in [0.5, 0.6) is 0 Å². The lowest BCUT2D eigenvalue weighted by Gasteiger charge is -2.37. The second kappa shape index (κ2) is 3.88. The molecule has 2 aliphatic rings. The maximum absolute atomic E-state index is 13.8. The standard InChI is InChI=1S/C13H19F/c1-2-13(9-5-6-10-13)11-7-3-4-8-12(11)14/h3-4,7-8,11-12H,2,5-6,9-10H2,1H3. The van der Waals surface area contributed by atoms with Crippen LogP contribution < -0.4 is 0 Å². The van der Waals surface area contributed by atoms with E-state index in [1.165, 1.54) is 25.7 Å². The van der Waals surface area contributed by atoms with Gasteiger partial charge in [0, 0.05) is 5.92 Å². The molecule has 2 rings (SSSR count). The molecular formula is C13H19F. The Morgan fingerprint density at radius 1 is 1.21 bits per heavy atom. The third kappa shape index (κ3) is 1.53. The van der Waals surface area contributed by atoms with E-state index in [0.717, 1.165) is 6.42 Å². The van der Waals surface area contributed by atoms with Gasteiger partial charge in [-0.3, -0.25) is 0 Å². The topological polar surface area (TPSA) is 0 Å². The predicted molar refractivity (Wildman–Crippen MR) is 57.9 cm³/mol. The molecule has 78 valence electrons. The molecule has 0 saturated heterocycles. The Labute approximate surface area is 85.9 Å². The SMILES string of the molecule is CCC1(C2C=CC=CC2F)CCCC1. The Morgan fingerprint density at radius 3 is 2.43 bits per heavy atom. The van der Waals surface area contributed by atoms with Gasteiger partial charge >= 0.3 is 0 Å². The second-order valence-electron chi connectivity index (χ2n) is 4.66. The lowest BCUT2D eigenvalue weighted by Crippen LogP contribution is -2.32. The summed E-state index contributed by atoms with van der Waals surface area (Å²) in [5.41, 5.74) is 0.265. The predicted octanol–water partition coefficient (Wildman–Crippen LogP) is 4.04. The molecule has 0 aromatic rings. The minimum absolute atomic E-state index is 0.139. The van der Waals surface area contributed by atoms with E-state index in [1.54, 1.807) is 6.08 Å². The summed E-state index contributed by atoms with van der Waals surface area (Å²) in [6, 6.07) is 0. The molecule has 0 nitrogen and oxygen atoms in total. The highest BCUT2D eigenvalue weighted by atomic mass is 19.1. The zero-order valence-corrected chi connectivity index (χ0v) is 8.88. The molecule has 2 aliphatic carbocycles. The quantitative estimate of drug-likeness (QED) is 0.622. The third-order valence-electron chi connectivity index (χ3n) is 4.08. The van der Waals surface area contributed by atoms with Crippen LogP contribution in [-0.4, -0.2) is 6.17 Å². The van der Waals surface area contributed by atoms with Gasteiger partial charge in [0.25, 0.3) is 0 Å². The minimum Gasteiger partial charge on any atom is -0.242 e. The first-order chi connectivity index (χ1) is 6.78. The van der Waals surface area contributed by atoms with Crippen molar-refractivity contribution >= 4 is 0 Å². The fraction of sp³-hybridized carbons (Fsp3) is 0.692. The van der Waals surface area contributed by atoms with Crippen LogP contribution in [0.1, 0.15) is 39.0 Å². The van der Waals surface area contributed by atoms with Crippen LogP contribution >= 0.6 is 0 Å². The van der Waals surface area contributed by atoms with E-state index in [0.29, 0.717) is 0 Å². The summed E-state index contributed by atoms with van der Waals surface area (Å²) in [5, 5.41) is 0. The van der Waals surface area contributed by atoms with Crippen molar-refractivity contribution < 1.29 is 4.39 Å². The third-order valence-corrected chi connectivity index (χ3v) is 4.08. The Bertz CT molecular complexity index is 246. The fourth-order valence-electron chi connectivity index (χ4n) is 3.12. The Hall–Kier alpha value is -0.590. The molecule has 0 bridgehead atoms. The molecule has 0 aromatic carbocycles. The van der Waals surface area contributed by atoms with Gasteiger partial charge in [-0.15, -0.1) is 0 Å². The van der Waals surface area contributed by atoms with E-state index in [4.69, 9.17) is 0 Å². The number of hydrogen-bond acceptors (Lipinski definition) is 0. The zero-order chi connectivity index (χ0) is 10.0. The van der Waals surface area contributed by atoms with E-state index < -0.39 is 6.17 Å². The number of rotatable bonds is 2. The van der Waals surface area contributed by atoms with E-state index in [-0.39, 0.29) is 11.3 Å². The summed E-state index contributed by atoms with van der Waals surface area (Å²) >= 11 is 0. The molecular weight excluding hydrogens is 175 g/mol. The van der Waals surface area contributed by atoms with E-state index >= 15 is 0 Å². The van der Waals surface area contributed by atoms with Gasteiger partial charge in [0.1, 0.15) is 6.17 Å². The number of alkyl halides is 1. The van der Waals surface area contributed by atoms with Crippen LogP contribution in [0.25, 0.3) is 0 Å². The van der Waals surface area contributed by atoms with E-state index in [1.807, 2.05) is 12.2 Å². The van der Waals surface area contributed by atoms with Gasteiger partial charge in [0.15, 0.2) is 0 Å². The van der Waals surface area contributed by atoms with Crippen LogP contribution in [-0.2, 0) is 0 Å². The zero-order valence-electron chi connectivity index (χ0n) is 8.88. The average molecular weight is 194 g/mol. The highest BCUT2D eigenvalue weighted by Crippen LogP contribution is 2.50. The first-order valence-corrected chi connectivity index (χ1v) is 5.77. The smallest absolute Gasteiger partial charge is 0.125 e. The normalized spacial score (nSPS) is 35.0. The van der Waals surface area contributed by atoms with Crippen molar-refractivity contribution in [3.63, 3.8) is 0 Å². The molecule has 1 heteroatoms. The van der Waals surface area contributed by atoms with Gasteiger partial charge in [-0.25, -0.2) is 4.39 Å². The molecule has 0 spiro atoms. The van der Waals surface area contributed by atoms with E-state index in [9.17, 15) is 4.39 Å². The van der Waals surface area contributed by atoms with Crippen molar-refractivity contribution in [2.45, 2.75) is 45.2 Å². The van der Waals surface area contributed by atoms with Crippen molar-refractivity contribution in [2.75, 3.05) is 0 Å². The number of halogens is 1. The fourth-order valence-corrected chi connectivity index (χ4v) is 3.12. The van der Waals surface area contributed by atoms with Crippen LogP contribution in [0, 0.1) is 11.3 Å². The van der Waals surface area contributed by atoms with Gasteiger partial charge < -0.3 is 0 Å². The summed E-state index contributed by atoms with van der Waals surface area (Å²) < 4.78 is 13.8. The lowest BCUT2D eigenvalue weighted by molar-refractivity contribution is 0.129. The molecule has 0 aliphatic heterocycles. The Kier molecular flexibility index (Phi) is 2.76. The first kappa shape index (κ1) is 9.95. The van der Waals surface area contributed by atoms with Crippen molar-refractivity contribution in [1.29, 1.82) is 0 Å². The summed E-state index contributed by atoms with van der Waals surface area (Å²) in [7, 11) is 0. The molecule has 0 N–H and O–H groups in total. The summed E-state index contributed by atoms with van der Waals surface area (Å²) in [6.07, 6.45) is 13.0. The summed E-state index contributed by atoms with van der Waals surface area (Å²) in [6.45, 7) is 2.21. The molecule has 0 heterocycles. The van der Waals surface area contributed by atoms with Gasteiger partial charge in [0.05, 0.1) is 0 Å².